The third-order valence-corrected chi connectivity index (χ3v) is 0.696. The molecule has 3 heteroatoms. The lowest BCUT2D eigenvalue weighted by molar-refractivity contribution is -0.113. The summed E-state index contributed by atoms with van der Waals surface area (Å²) in [6.45, 7) is 0.391. The van der Waals surface area contributed by atoms with Crippen LogP contribution in [0.3, 0.4) is 0 Å². The Kier molecular flexibility index (Phi) is 1.42. The van der Waals surface area contributed by atoms with Crippen LogP contribution < -0.4 is 0 Å². The minimum Gasteiger partial charge on any atom is -0.495 e. The maximum atomic E-state index is 10.3. The summed E-state index contributed by atoms with van der Waals surface area (Å²) >= 11 is 0. The third-order valence-electron chi connectivity index (χ3n) is 0.696. The molecule has 0 saturated carbocycles. The van der Waals surface area contributed by atoms with Crippen LogP contribution in [0.4, 0.5) is 0 Å². The van der Waals surface area contributed by atoms with Crippen molar-refractivity contribution in [3.8, 4) is 0 Å². The Labute approximate surface area is 46.7 Å². The molecule has 0 fully saturated rings. The first-order valence-corrected chi connectivity index (χ1v) is 2.24. The molecule has 0 aromatic carbocycles. The Morgan fingerprint density at radius 1 is 1.75 bits per heavy atom. The normalized spacial score (nSPS) is 17.8. The summed E-state index contributed by atoms with van der Waals surface area (Å²) in [5.74, 6) is -0.262. The predicted molar refractivity (Wildman–Crippen MR) is 28.6 cm³/mol. The van der Waals surface area contributed by atoms with Crippen molar-refractivity contribution in [1.82, 2.24) is 0 Å². The van der Waals surface area contributed by atoms with Crippen LogP contribution in [0.25, 0.3) is 0 Å². The van der Waals surface area contributed by atoms with Gasteiger partial charge in [0.25, 0.3) is 5.91 Å². The van der Waals surface area contributed by atoms with E-state index in [2.05, 4.69) is 4.99 Å². The van der Waals surface area contributed by atoms with Crippen molar-refractivity contribution in [3.63, 3.8) is 0 Å². The highest BCUT2D eigenvalue weighted by Gasteiger charge is 1.91. The monoisotopic (exact) mass is 111 g/mol. The van der Waals surface area contributed by atoms with Crippen molar-refractivity contribution in [2.24, 2.45) is 4.99 Å². The molecule has 0 radical (unpaired) electrons. The zero-order valence-corrected chi connectivity index (χ0v) is 4.20. The summed E-state index contributed by atoms with van der Waals surface area (Å²) in [7, 11) is 0. The van der Waals surface area contributed by atoms with Gasteiger partial charge >= 0.3 is 0 Å². The Hall–Kier alpha value is -1.12. The highest BCUT2D eigenvalue weighted by atomic mass is 16.5. The molecule has 0 aromatic heterocycles. The van der Waals surface area contributed by atoms with Gasteiger partial charge in [-0.05, 0) is 0 Å². The van der Waals surface area contributed by atoms with Crippen LogP contribution in [0.15, 0.2) is 17.3 Å². The average Bonchev–Trinajstić information content (AvgIpc) is 1.94. The van der Waals surface area contributed by atoms with Gasteiger partial charge in [-0.2, -0.15) is 0 Å². The Morgan fingerprint density at radius 3 is 3.50 bits per heavy atom. The summed E-state index contributed by atoms with van der Waals surface area (Å²) in [4.78, 5) is 13.8. The van der Waals surface area contributed by atoms with Crippen LogP contribution >= 0.6 is 0 Å². The number of nitrogens with zero attached hydrogens (tertiary/aromatic N) is 1. The fraction of sp³-hybridized carbons (Fsp3) is 0.200. The smallest absolute Gasteiger partial charge is 0.272 e. The molecule has 1 amide bonds. The molecule has 42 valence electrons. The van der Waals surface area contributed by atoms with Crippen molar-refractivity contribution in [3.05, 3.63) is 12.3 Å². The molecule has 0 bridgehead atoms. The number of ether oxygens (including phenoxy) is 1. The van der Waals surface area contributed by atoms with Gasteiger partial charge in [0, 0.05) is 12.3 Å². The minimum absolute atomic E-state index is 0.262. The maximum Gasteiger partial charge on any atom is 0.272 e. The van der Waals surface area contributed by atoms with Gasteiger partial charge in [0.05, 0.1) is 6.26 Å². The largest absolute Gasteiger partial charge is 0.495 e. The average molecular weight is 111 g/mol. The summed E-state index contributed by atoms with van der Waals surface area (Å²) < 4.78 is 4.71. The summed E-state index contributed by atoms with van der Waals surface area (Å²) in [6, 6.07) is 0. The van der Waals surface area contributed by atoms with E-state index in [-0.39, 0.29) is 5.91 Å². The number of hydrogen-bond donors (Lipinski definition) is 0. The van der Waals surface area contributed by atoms with E-state index >= 15 is 0 Å². The van der Waals surface area contributed by atoms with Gasteiger partial charge in [0.15, 0.2) is 0 Å². The van der Waals surface area contributed by atoms with Crippen LogP contribution in [-0.2, 0) is 9.53 Å². The van der Waals surface area contributed by atoms with Gasteiger partial charge in [-0.1, -0.05) is 0 Å². The lowest BCUT2D eigenvalue weighted by atomic mass is 10.6. The standard InChI is InChI=1S/C5H5NO2/c7-5-1-3-8-4-2-6-5/h1-3H,4H2. The van der Waals surface area contributed by atoms with Crippen LogP contribution in [0.5, 0.6) is 0 Å². The molecule has 0 unspecified atom stereocenters. The van der Waals surface area contributed by atoms with Gasteiger partial charge in [-0.3, -0.25) is 4.79 Å². The lowest BCUT2D eigenvalue weighted by Gasteiger charge is -1.84. The fourth-order valence-electron chi connectivity index (χ4n) is 0.375. The molecule has 0 aliphatic carbocycles. The SMILES string of the molecule is O=C1C=COCC=N1. The highest BCUT2D eigenvalue weighted by Crippen LogP contribution is 1.84. The molecule has 0 aromatic rings. The van der Waals surface area contributed by atoms with Crippen LogP contribution in [-0.4, -0.2) is 18.7 Å². The lowest BCUT2D eigenvalue weighted by Crippen LogP contribution is -1.86. The van der Waals surface area contributed by atoms with E-state index in [4.69, 9.17) is 4.74 Å². The minimum atomic E-state index is -0.262. The zero-order valence-electron chi connectivity index (χ0n) is 4.20. The van der Waals surface area contributed by atoms with E-state index < -0.39 is 0 Å². The second-order valence-electron chi connectivity index (χ2n) is 1.29. The van der Waals surface area contributed by atoms with Gasteiger partial charge in [0.2, 0.25) is 0 Å². The summed E-state index contributed by atoms with van der Waals surface area (Å²) in [5.41, 5.74) is 0. The van der Waals surface area contributed by atoms with Gasteiger partial charge < -0.3 is 4.74 Å². The predicted octanol–water partition coefficient (Wildman–Crippen LogP) is 0.128. The number of rotatable bonds is 0. The molecular formula is C5H5NO2. The van der Waals surface area contributed by atoms with Crippen molar-refractivity contribution in [2.75, 3.05) is 6.61 Å². The Balaban J connectivity index is 2.64. The van der Waals surface area contributed by atoms with Gasteiger partial charge in [-0.15, -0.1) is 0 Å². The first kappa shape index (κ1) is 5.03. The van der Waals surface area contributed by atoms with Gasteiger partial charge in [0.1, 0.15) is 6.61 Å². The molecule has 3 nitrogen and oxygen atoms in total. The quantitative estimate of drug-likeness (QED) is 0.445. The second kappa shape index (κ2) is 2.26. The number of amides is 1. The molecule has 1 rings (SSSR count). The molecule has 0 atom stereocenters. The van der Waals surface area contributed by atoms with E-state index in [1.807, 2.05) is 0 Å². The molecule has 1 aliphatic rings. The molecule has 0 saturated heterocycles. The molecule has 0 N–H and O–H groups in total. The van der Waals surface area contributed by atoms with Crippen molar-refractivity contribution >= 4 is 12.1 Å². The molecule has 1 aliphatic heterocycles. The van der Waals surface area contributed by atoms with E-state index in [9.17, 15) is 4.79 Å². The number of carbonyl (C=O) groups excluding carboxylic acids is 1. The summed E-state index contributed by atoms with van der Waals surface area (Å²) in [5, 5.41) is 0. The van der Waals surface area contributed by atoms with E-state index in [0.29, 0.717) is 6.61 Å². The highest BCUT2D eigenvalue weighted by molar-refractivity contribution is 5.94. The number of hydrogen-bond acceptors (Lipinski definition) is 2. The van der Waals surface area contributed by atoms with Crippen LogP contribution in [0, 0.1) is 0 Å². The Bertz CT molecular complexity index is 133. The molecule has 8 heavy (non-hydrogen) atoms. The molecular weight excluding hydrogens is 106 g/mol. The van der Waals surface area contributed by atoms with Crippen LogP contribution in [0.1, 0.15) is 0 Å². The third kappa shape index (κ3) is 1.18. The van der Waals surface area contributed by atoms with Crippen molar-refractivity contribution in [1.29, 1.82) is 0 Å². The number of carbonyl (C=O) groups is 1. The zero-order chi connectivity index (χ0) is 5.82. The van der Waals surface area contributed by atoms with Crippen molar-refractivity contribution < 1.29 is 9.53 Å². The Morgan fingerprint density at radius 2 is 2.62 bits per heavy atom. The van der Waals surface area contributed by atoms with E-state index in [0.717, 1.165) is 0 Å². The number of aliphatic imine (C=N–C) groups is 1. The second-order valence-corrected chi connectivity index (χ2v) is 1.29. The maximum absolute atomic E-state index is 10.3. The van der Waals surface area contributed by atoms with E-state index in [1.165, 1.54) is 18.6 Å². The van der Waals surface area contributed by atoms with Crippen LogP contribution in [0.2, 0.25) is 0 Å². The van der Waals surface area contributed by atoms with Crippen molar-refractivity contribution in [2.45, 2.75) is 0 Å². The molecule has 1 heterocycles. The van der Waals surface area contributed by atoms with E-state index in [1.54, 1.807) is 0 Å². The first-order chi connectivity index (χ1) is 3.89. The topological polar surface area (TPSA) is 38.7 Å². The first-order valence-electron chi connectivity index (χ1n) is 2.24. The fourth-order valence-corrected chi connectivity index (χ4v) is 0.375. The summed E-state index contributed by atoms with van der Waals surface area (Å²) in [6.07, 6.45) is 4.06. The molecule has 0 spiro atoms. The van der Waals surface area contributed by atoms with Gasteiger partial charge in [-0.25, -0.2) is 4.99 Å².